The Morgan fingerprint density at radius 1 is 1.32 bits per heavy atom. The van der Waals surface area contributed by atoms with E-state index in [2.05, 4.69) is 6.58 Å². The topological polar surface area (TPSA) is 52.6 Å². The van der Waals surface area contributed by atoms with Gasteiger partial charge in [-0.2, -0.15) is 0 Å². The van der Waals surface area contributed by atoms with Gasteiger partial charge in [0, 0.05) is 23.8 Å². The minimum atomic E-state index is -0.292. The minimum Gasteiger partial charge on any atom is -0.462 e. The van der Waals surface area contributed by atoms with Crippen LogP contribution in [0.5, 0.6) is 0 Å². The number of rotatable bonds is 3. The third kappa shape index (κ3) is 2.28. The molecule has 104 valence electrons. The second-order valence-corrected chi connectivity index (χ2v) is 6.19. The number of carbonyl (C=O) groups is 2. The molecule has 1 heterocycles. The van der Waals surface area contributed by atoms with Crippen LogP contribution >= 0.6 is 0 Å². The Labute approximate surface area is 113 Å². The number of hydrogen-bond acceptors (Lipinski definition) is 4. The van der Waals surface area contributed by atoms with Gasteiger partial charge in [-0.3, -0.25) is 4.79 Å². The van der Waals surface area contributed by atoms with E-state index in [0.29, 0.717) is 29.7 Å². The maximum atomic E-state index is 11.6. The highest BCUT2D eigenvalue weighted by molar-refractivity contribution is 5.87. The molecule has 2 saturated carbocycles. The van der Waals surface area contributed by atoms with Gasteiger partial charge in [-0.05, 0) is 38.5 Å². The van der Waals surface area contributed by atoms with Gasteiger partial charge in [0.25, 0.3) is 0 Å². The molecule has 3 fully saturated rings. The Bertz CT molecular complexity index is 428. The summed E-state index contributed by atoms with van der Waals surface area (Å²) in [5.41, 5.74) is 0.451. The molecule has 0 aromatic carbocycles. The summed E-state index contributed by atoms with van der Waals surface area (Å²) in [6, 6.07) is 0. The van der Waals surface area contributed by atoms with Crippen molar-refractivity contribution in [1.82, 2.24) is 0 Å². The van der Waals surface area contributed by atoms with Crippen molar-refractivity contribution >= 4 is 11.9 Å². The predicted molar refractivity (Wildman–Crippen MR) is 68.1 cm³/mol. The first-order valence-electron chi connectivity index (χ1n) is 7.10. The Morgan fingerprint density at radius 2 is 2.05 bits per heavy atom. The van der Waals surface area contributed by atoms with Gasteiger partial charge in [0.15, 0.2) is 0 Å². The van der Waals surface area contributed by atoms with Crippen LogP contribution in [0.2, 0.25) is 0 Å². The van der Waals surface area contributed by atoms with Crippen LogP contribution in [0.25, 0.3) is 0 Å². The summed E-state index contributed by atoms with van der Waals surface area (Å²) in [5.74, 6) is 0.998. The molecule has 3 aliphatic rings. The fourth-order valence-electron chi connectivity index (χ4n) is 3.99. The number of esters is 2. The zero-order chi connectivity index (χ0) is 13.6. The first-order chi connectivity index (χ1) is 9.04. The summed E-state index contributed by atoms with van der Waals surface area (Å²) in [7, 11) is 0. The third-order valence-electron chi connectivity index (χ3n) is 4.80. The fraction of sp³-hybridized carbons (Fsp3) is 0.733. The van der Waals surface area contributed by atoms with Gasteiger partial charge in [-0.1, -0.05) is 6.58 Å². The van der Waals surface area contributed by atoms with E-state index in [1.54, 1.807) is 6.92 Å². The van der Waals surface area contributed by atoms with Crippen molar-refractivity contribution in [3.8, 4) is 0 Å². The minimum absolute atomic E-state index is 0.00717. The molecule has 2 aliphatic carbocycles. The van der Waals surface area contributed by atoms with E-state index in [9.17, 15) is 9.59 Å². The zero-order valence-electron chi connectivity index (χ0n) is 11.3. The summed E-state index contributed by atoms with van der Waals surface area (Å²) < 4.78 is 10.9. The highest BCUT2D eigenvalue weighted by atomic mass is 16.6. The molecular formula is C15H20O4. The van der Waals surface area contributed by atoms with Crippen LogP contribution in [0.1, 0.15) is 39.0 Å². The predicted octanol–water partition coefficient (Wildman–Crippen LogP) is 2.23. The molecule has 3 rings (SSSR count). The van der Waals surface area contributed by atoms with Gasteiger partial charge in [0.1, 0.15) is 12.2 Å². The van der Waals surface area contributed by atoms with E-state index in [0.717, 1.165) is 25.7 Å². The molecule has 0 aromatic heterocycles. The SMILES string of the molecule is C=C(C)C(=O)OC1CC2CC(C3CCC(=O)O3)C1C2. The Kier molecular flexibility index (Phi) is 3.11. The number of fused-ring (bicyclic) bond motifs is 2. The van der Waals surface area contributed by atoms with Crippen molar-refractivity contribution in [2.45, 2.75) is 51.2 Å². The first-order valence-corrected chi connectivity index (χ1v) is 7.10. The van der Waals surface area contributed by atoms with Crippen molar-refractivity contribution < 1.29 is 19.1 Å². The van der Waals surface area contributed by atoms with E-state index >= 15 is 0 Å². The van der Waals surface area contributed by atoms with Gasteiger partial charge < -0.3 is 9.47 Å². The monoisotopic (exact) mass is 264 g/mol. The molecular weight excluding hydrogens is 244 g/mol. The maximum Gasteiger partial charge on any atom is 0.333 e. The largest absolute Gasteiger partial charge is 0.462 e. The lowest BCUT2D eigenvalue weighted by atomic mass is 9.82. The second kappa shape index (κ2) is 4.66. The molecule has 0 N–H and O–H groups in total. The molecule has 0 amide bonds. The van der Waals surface area contributed by atoms with E-state index in [1.165, 1.54) is 0 Å². The molecule has 1 aliphatic heterocycles. The van der Waals surface area contributed by atoms with Crippen molar-refractivity contribution in [3.05, 3.63) is 12.2 Å². The van der Waals surface area contributed by atoms with Crippen LogP contribution in [-0.4, -0.2) is 24.1 Å². The van der Waals surface area contributed by atoms with E-state index < -0.39 is 0 Å². The zero-order valence-corrected chi connectivity index (χ0v) is 11.3. The van der Waals surface area contributed by atoms with Crippen LogP contribution in [0.15, 0.2) is 12.2 Å². The van der Waals surface area contributed by atoms with Gasteiger partial charge in [0.2, 0.25) is 0 Å². The summed E-state index contributed by atoms with van der Waals surface area (Å²) in [6.45, 7) is 5.29. The van der Waals surface area contributed by atoms with Crippen molar-refractivity contribution in [1.29, 1.82) is 0 Å². The lowest BCUT2D eigenvalue weighted by Gasteiger charge is -2.32. The summed E-state index contributed by atoms with van der Waals surface area (Å²) >= 11 is 0. The van der Waals surface area contributed by atoms with Gasteiger partial charge in [0.05, 0.1) is 0 Å². The fourth-order valence-corrected chi connectivity index (χ4v) is 3.99. The molecule has 19 heavy (non-hydrogen) atoms. The molecule has 4 nitrogen and oxygen atoms in total. The van der Waals surface area contributed by atoms with Gasteiger partial charge in [-0.25, -0.2) is 4.79 Å². The smallest absolute Gasteiger partial charge is 0.333 e. The normalized spacial score (nSPS) is 40.3. The molecule has 0 radical (unpaired) electrons. The molecule has 4 heteroatoms. The van der Waals surface area contributed by atoms with Gasteiger partial charge >= 0.3 is 11.9 Å². The number of carbonyl (C=O) groups excluding carboxylic acids is 2. The highest BCUT2D eigenvalue weighted by Gasteiger charge is 2.52. The molecule has 1 saturated heterocycles. The van der Waals surface area contributed by atoms with Crippen LogP contribution < -0.4 is 0 Å². The molecule has 0 aromatic rings. The Morgan fingerprint density at radius 3 is 2.63 bits per heavy atom. The standard InChI is InChI=1S/C15H20O4/c1-8(2)15(17)19-13-7-9-5-10(11(13)6-9)12-3-4-14(16)18-12/h9-13H,1,3-7H2,2H3. The number of ether oxygens (including phenoxy) is 2. The molecule has 0 spiro atoms. The van der Waals surface area contributed by atoms with E-state index in [-0.39, 0.29) is 24.1 Å². The maximum absolute atomic E-state index is 11.6. The van der Waals surface area contributed by atoms with Crippen LogP contribution in [0, 0.1) is 17.8 Å². The number of cyclic esters (lactones) is 1. The first kappa shape index (κ1) is 12.7. The summed E-state index contributed by atoms with van der Waals surface area (Å²) in [5, 5.41) is 0. The van der Waals surface area contributed by atoms with Crippen LogP contribution in [0.4, 0.5) is 0 Å². The van der Waals surface area contributed by atoms with E-state index in [4.69, 9.17) is 9.47 Å². The molecule has 5 unspecified atom stereocenters. The van der Waals surface area contributed by atoms with Crippen LogP contribution in [-0.2, 0) is 19.1 Å². The lowest BCUT2D eigenvalue weighted by Crippen LogP contribution is -2.35. The quantitative estimate of drug-likeness (QED) is 0.579. The second-order valence-electron chi connectivity index (χ2n) is 6.19. The highest BCUT2D eigenvalue weighted by Crippen LogP contribution is 2.52. The molecule has 2 bridgehead atoms. The van der Waals surface area contributed by atoms with Gasteiger partial charge in [-0.15, -0.1) is 0 Å². The molecule has 5 atom stereocenters. The summed E-state index contributed by atoms with van der Waals surface area (Å²) in [4.78, 5) is 22.9. The Balaban J connectivity index is 1.65. The van der Waals surface area contributed by atoms with Crippen molar-refractivity contribution in [2.24, 2.45) is 17.8 Å². The van der Waals surface area contributed by atoms with E-state index in [1.807, 2.05) is 0 Å². The average Bonchev–Trinajstić information content (AvgIpc) is 3.02. The Hall–Kier alpha value is -1.32. The van der Waals surface area contributed by atoms with Crippen LogP contribution in [0.3, 0.4) is 0 Å². The van der Waals surface area contributed by atoms with Crippen molar-refractivity contribution in [2.75, 3.05) is 0 Å². The summed E-state index contributed by atoms with van der Waals surface area (Å²) in [6.07, 6.45) is 4.58. The average molecular weight is 264 g/mol. The lowest BCUT2D eigenvalue weighted by molar-refractivity contribution is -0.152. The third-order valence-corrected chi connectivity index (χ3v) is 4.80. The van der Waals surface area contributed by atoms with Crippen molar-refractivity contribution in [3.63, 3.8) is 0 Å². The number of hydrogen-bond donors (Lipinski definition) is 0.